The van der Waals surface area contributed by atoms with Crippen LogP contribution in [0.25, 0.3) is 0 Å². The van der Waals surface area contributed by atoms with Crippen molar-refractivity contribution in [2.75, 3.05) is 13.7 Å². The van der Waals surface area contributed by atoms with Gasteiger partial charge in [-0.25, -0.2) is 22.3 Å². The Morgan fingerprint density at radius 1 is 1.15 bits per heavy atom. The van der Waals surface area contributed by atoms with E-state index in [0.29, 0.717) is 24.3 Å². The molecule has 1 atom stereocenters. The molecule has 0 radical (unpaired) electrons. The Kier molecular flexibility index (Phi) is 8.25. The van der Waals surface area contributed by atoms with Crippen molar-refractivity contribution >= 4 is 16.0 Å². The number of hydrogen-bond acceptors (Lipinski definition) is 5. The Morgan fingerprint density at radius 2 is 1.82 bits per heavy atom. The molecule has 1 heterocycles. The Balaban J connectivity index is 1.74. The summed E-state index contributed by atoms with van der Waals surface area (Å²) >= 11 is 0. The molecule has 0 bridgehead atoms. The molecule has 9 heteroatoms. The van der Waals surface area contributed by atoms with Gasteiger partial charge in [0.2, 0.25) is 16.4 Å². The largest absolute Gasteiger partial charge is 0.497 e. The van der Waals surface area contributed by atoms with Crippen molar-refractivity contribution in [2.24, 2.45) is 7.05 Å². The van der Waals surface area contributed by atoms with E-state index in [9.17, 15) is 13.2 Å². The molecule has 0 spiro atoms. The highest BCUT2D eigenvalue weighted by molar-refractivity contribution is 7.89. The first-order valence-electron chi connectivity index (χ1n) is 10.8. The van der Waals surface area contributed by atoms with Crippen LogP contribution in [-0.2, 0) is 33.1 Å². The highest BCUT2D eigenvalue weighted by Gasteiger charge is 2.28. The zero-order valence-corrected chi connectivity index (χ0v) is 20.4. The second kappa shape index (κ2) is 11.1. The first-order valence-corrected chi connectivity index (χ1v) is 12.3. The van der Waals surface area contributed by atoms with Gasteiger partial charge < -0.3 is 9.47 Å². The molecule has 0 aliphatic heterocycles. The summed E-state index contributed by atoms with van der Waals surface area (Å²) in [7, 11) is -0.467. The summed E-state index contributed by atoms with van der Waals surface area (Å²) in [6.07, 6.45) is 6.39. The third kappa shape index (κ3) is 6.55. The van der Waals surface area contributed by atoms with Gasteiger partial charge in [-0.3, -0.25) is 0 Å². The second-order valence-corrected chi connectivity index (χ2v) is 9.69. The molecule has 1 unspecified atom stereocenters. The molecule has 34 heavy (non-hydrogen) atoms. The predicted octanol–water partition coefficient (Wildman–Crippen LogP) is 2.84. The topological polar surface area (TPSA) is 90.5 Å². The van der Waals surface area contributed by atoms with Crippen molar-refractivity contribution in [3.05, 3.63) is 90.5 Å². The zero-order chi connectivity index (χ0) is 24.7. The molecule has 0 saturated carbocycles. The summed E-state index contributed by atoms with van der Waals surface area (Å²) in [6.45, 7) is 6.60. The van der Waals surface area contributed by atoms with E-state index in [1.54, 1.807) is 36.4 Å². The number of carbonyl (C=O) groups is 1. The van der Waals surface area contributed by atoms with Crippen molar-refractivity contribution in [3.63, 3.8) is 0 Å². The molecule has 0 aliphatic rings. The number of aromatic nitrogens is 2. The predicted molar refractivity (Wildman–Crippen MR) is 128 cm³/mol. The Morgan fingerprint density at radius 3 is 2.41 bits per heavy atom. The highest BCUT2D eigenvalue weighted by Crippen LogP contribution is 2.26. The van der Waals surface area contributed by atoms with Gasteiger partial charge in [-0.15, -0.1) is 0 Å². The van der Waals surface area contributed by atoms with Crippen LogP contribution in [0.2, 0.25) is 0 Å². The van der Waals surface area contributed by atoms with Crippen LogP contribution in [0.4, 0.5) is 0 Å². The molecule has 1 N–H and O–H groups in total. The number of ether oxygens (including phenoxy) is 2. The van der Waals surface area contributed by atoms with Crippen LogP contribution in [0.1, 0.15) is 23.6 Å². The van der Waals surface area contributed by atoms with Crippen molar-refractivity contribution in [1.82, 2.24) is 9.29 Å². The van der Waals surface area contributed by atoms with E-state index in [-0.39, 0.29) is 17.1 Å². The van der Waals surface area contributed by atoms with E-state index in [1.165, 1.54) is 19.2 Å². The number of carbonyl (C=O) groups excluding carboxylic acids is 1. The number of rotatable bonds is 11. The number of nitrogens with zero attached hydrogens (tertiary/aromatic N) is 2. The quantitative estimate of drug-likeness (QED) is 0.196. The van der Waals surface area contributed by atoms with Gasteiger partial charge in [0.1, 0.15) is 18.1 Å². The number of methoxy groups -OCH3 is 1. The lowest BCUT2D eigenvalue weighted by Crippen LogP contribution is -2.32. The van der Waals surface area contributed by atoms with Gasteiger partial charge in [0.05, 0.1) is 43.8 Å². The standard InChI is InChI=1S/C25H30N3O5S/c1-19-6-12-23(13-7-19)34(30,31)26-24(21-8-10-22(32-4)11-9-21)20(2)25(29)33-17-5-14-28-16-15-27(3)18-28/h6-13,15-16,18,24,26H,2,5,14,17H2,1,3-4H3/q+1. The average molecular weight is 485 g/mol. The van der Waals surface area contributed by atoms with Crippen LogP contribution in [0.5, 0.6) is 5.75 Å². The maximum absolute atomic E-state index is 13.1. The van der Waals surface area contributed by atoms with Crippen LogP contribution in [0, 0.1) is 6.92 Å². The lowest BCUT2D eigenvalue weighted by Gasteiger charge is -2.21. The van der Waals surface area contributed by atoms with Gasteiger partial charge >= 0.3 is 5.97 Å². The summed E-state index contributed by atoms with van der Waals surface area (Å²) < 4.78 is 43.2. The minimum atomic E-state index is -3.93. The number of hydrogen-bond donors (Lipinski definition) is 1. The Labute approximate surface area is 200 Å². The summed E-state index contributed by atoms with van der Waals surface area (Å²) in [6, 6.07) is 12.2. The van der Waals surface area contributed by atoms with Crippen LogP contribution >= 0.6 is 0 Å². The Hall–Kier alpha value is -3.43. The number of sulfonamides is 1. The van der Waals surface area contributed by atoms with Crippen LogP contribution in [0.15, 0.2) is 84.3 Å². The molecule has 3 aromatic rings. The van der Waals surface area contributed by atoms with Gasteiger partial charge in [0, 0.05) is 6.42 Å². The van der Waals surface area contributed by atoms with Gasteiger partial charge in [0.25, 0.3) is 0 Å². The molecule has 0 saturated heterocycles. The lowest BCUT2D eigenvalue weighted by atomic mass is 10.0. The van der Waals surface area contributed by atoms with E-state index < -0.39 is 22.0 Å². The summed E-state index contributed by atoms with van der Waals surface area (Å²) in [5.74, 6) is -0.0546. The first kappa shape index (κ1) is 25.2. The van der Waals surface area contributed by atoms with E-state index in [4.69, 9.17) is 9.47 Å². The zero-order valence-electron chi connectivity index (χ0n) is 19.6. The fraction of sp³-hybridized carbons (Fsp3) is 0.280. The van der Waals surface area contributed by atoms with Gasteiger partial charge in [0.15, 0.2) is 0 Å². The highest BCUT2D eigenvalue weighted by atomic mass is 32.2. The van der Waals surface area contributed by atoms with Crippen molar-refractivity contribution in [2.45, 2.75) is 30.8 Å². The molecule has 3 rings (SSSR count). The second-order valence-electron chi connectivity index (χ2n) is 7.97. The fourth-order valence-corrected chi connectivity index (χ4v) is 4.55. The molecule has 0 amide bonds. The number of esters is 1. The van der Waals surface area contributed by atoms with Crippen molar-refractivity contribution < 1.29 is 27.3 Å². The Bertz CT molecular complexity index is 1230. The molecular formula is C25H30N3O5S+. The average Bonchev–Trinajstić information content (AvgIpc) is 3.25. The van der Waals surface area contributed by atoms with Crippen LogP contribution in [0.3, 0.4) is 0 Å². The molecule has 8 nitrogen and oxygen atoms in total. The molecule has 0 aliphatic carbocycles. The van der Waals surface area contributed by atoms with Crippen molar-refractivity contribution in [3.8, 4) is 5.75 Å². The van der Waals surface area contributed by atoms with E-state index in [1.807, 2.05) is 41.8 Å². The molecule has 0 fully saturated rings. The number of nitrogens with one attached hydrogen (secondary N) is 1. The summed E-state index contributed by atoms with van der Waals surface area (Å²) in [5.41, 5.74) is 1.47. The van der Waals surface area contributed by atoms with E-state index in [2.05, 4.69) is 11.3 Å². The maximum atomic E-state index is 13.1. The van der Waals surface area contributed by atoms with E-state index in [0.717, 1.165) is 5.56 Å². The smallest absolute Gasteiger partial charge is 0.335 e. The van der Waals surface area contributed by atoms with Gasteiger partial charge in [-0.1, -0.05) is 36.4 Å². The normalized spacial score (nSPS) is 12.2. The molecular weight excluding hydrogens is 454 g/mol. The van der Waals surface area contributed by atoms with Gasteiger partial charge in [-0.2, -0.15) is 4.72 Å². The number of imidazole rings is 1. The van der Waals surface area contributed by atoms with Gasteiger partial charge in [-0.05, 0) is 36.8 Å². The first-order chi connectivity index (χ1) is 16.2. The maximum Gasteiger partial charge on any atom is 0.335 e. The third-order valence-corrected chi connectivity index (χ3v) is 6.72. The SMILES string of the molecule is C=C(C(=O)OCCCn1cc[n+](C)c1)C(NS(=O)(=O)c1ccc(C)cc1)c1ccc(OC)cc1. The van der Waals surface area contributed by atoms with Crippen LogP contribution < -0.4 is 14.0 Å². The summed E-state index contributed by atoms with van der Waals surface area (Å²) in [5, 5.41) is 0. The minimum Gasteiger partial charge on any atom is -0.497 e. The molecule has 1 aromatic heterocycles. The lowest BCUT2D eigenvalue weighted by molar-refractivity contribution is -0.671. The monoisotopic (exact) mass is 484 g/mol. The molecule has 180 valence electrons. The van der Waals surface area contributed by atoms with E-state index >= 15 is 0 Å². The minimum absolute atomic E-state index is 0.00628. The van der Waals surface area contributed by atoms with Crippen molar-refractivity contribution in [1.29, 1.82) is 0 Å². The summed E-state index contributed by atoms with van der Waals surface area (Å²) in [4.78, 5) is 12.9. The number of aryl methyl sites for hydroxylation is 3. The third-order valence-electron chi connectivity index (χ3n) is 5.28. The molecule has 2 aromatic carbocycles. The fourth-order valence-electron chi connectivity index (χ4n) is 3.33. The van der Waals surface area contributed by atoms with Crippen LogP contribution in [-0.4, -0.2) is 32.7 Å². The number of benzene rings is 2.